The summed E-state index contributed by atoms with van der Waals surface area (Å²) >= 11 is 0. The summed E-state index contributed by atoms with van der Waals surface area (Å²) in [4.78, 5) is 18.4. The molecular formula is C11H16N4O5. The molecule has 0 spiro atoms. The Bertz CT molecular complexity index is 507. The molecule has 2 aliphatic rings. The monoisotopic (exact) mass is 284 g/mol. The van der Waals surface area contributed by atoms with E-state index in [0.717, 1.165) is 0 Å². The van der Waals surface area contributed by atoms with Gasteiger partial charge in [0.25, 0.3) is 0 Å². The summed E-state index contributed by atoms with van der Waals surface area (Å²) in [6.07, 6.45) is -2.47. The summed E-state index contributed by atoms with van der Waals surface area (Å²) < 4.78 is 5.51. The largest absolute Gasteiger partial charge is 0.394 e. The van der Waals surface area contributed by atoms with Gasteiger partial charge in [-0.3, -0.25) is 5.32 Å². The Morgan fingerprint density at radius 1 is 1.40 bits per heavy atom. The van der Waals surface area contributed by atoms with Crippen LogP contribution >= 0.6 is 0 Å². The van der Waals surface area contributed by atoms with Gasteiger partial charge in [0.1, 0.15) is 18.3 Å². The molecule has 1 saturated heterocycles. The second-order valence-corrected chi connectivity index (χ2v) is 4.91. The number of aliphatic hydroxyl groups is 3. The van der Waals surface area contributed by atoms with Crippen molar-refractivity contribution in [3.63, 3.8) is 0 Å². The van der Waals surface area contributed by atoms with Crippen LogP contribution in [0.15, 0.2) is 6.33 Å². The maximum atomic E-state index is 11.5. The van der Waals surface area contributed by atoms with E-state index in [9.17, 15) is 15.0 Å². The first-order valence-electron chi connectivity index (χ1n) is 6.32. The summed E-state index contributed by atoms with van der Waals surface area (Å²) in [5.74, 6) is -0.0459. The predicted molar refractivity (Wildman–Crippen MR) is 66.1 cm³/mol. The Balaban J connectivity index is 1.89. The lowest BCUT2D eigenvalue weighted by Gasteiger charge is -2.23. The highest BCUT2D eigenvalue weighted by atomic mass is 16.6. The van der Waals surface area contributed by atoms with E-state index < -0.39 is 36.4 Å². The van der Waals surface area contributed by atoms with Crippen LogP contribution in [0.3, 0.4) is 0 Å². The van der Waals surface area contributed by atoms with Crippen molar-refractivity contribution in [2.24, 2.45) is 0 Å². The van der Waals surface area contributed by atoms with Crippen LogP contribution in [0, 0.1) is 0 Å². The molecule has 3 rings (SSSR count). The minimum atomic E-state index is -1.16. The van der Waals surface area contributed by atoms with E-state index in [0.29, 0.717) is 11.5 Å². The topological polar surface area (TPSA) is 140 Å². The quantitative estimate of drug-likeness (QED) is 0.375. The Labute approximate surface area is 114 Å². The number of nitrogens with zero attached hydrogens (tertiary/aromatic N) is 1. The molecule has 110 valence electrons. The van der Waals surface area contributed by atoms with E-state index in [1.807, 2.05) is 0 Å². The molecule has 0 aromatic carbocycles. The number of urea groups is 1. The van der Waals surface area contributed by atoms with Gasteiger partial charge < -0.3 is 30.4 Å². The standard InChI is InChI=1S/C11H16N4O5/c16-2-5-7(17)8(18)9(20-5)4-1-12-11(19)15-10-6(4)13-3-14-10/h3-5,7-9,16-18H,1-2H2,(H,13,14)(H2,12,15,19)/t4?,5-,7-,8-,9+/m1/s1. The third-order valence-electron chi connectivity index (χ3n) is 3.73. The molecule has 0 saturated carbocycles. The van der Waals surface area contributed by atoms with Crippen LogP contribution in [0.1, 0.15) is 11.6 Å². The fraction of sp³-hybridized carbons (Fsp3) is 0.636. The number of aromatic nitrogens is 2. The van der Waals surface area contributed by atoms with Crippen LogP contribution in [-0.2, 0) is 4.74 Å². The fourth-order valence-corrected chi connectivity index (χ4v) is 2.68. The number of hydrogen-bond donors (Lipinski definition) is 6. The van der Waals surface area contributed by atoms with E-state index >= 15 is 0 Å². The lowest BCUT2D eigenvalue weighted by Crippen LogP contribution is -2.39. The van der Waals surface area contributed by atoms with Crippen LogP contribution < -0.4 is 10.6 Å². The number of ether oxygens (including phenoxy) is 1. The van der Waals surface area contributed by atoms with Crippen LogP contribution in [-0.4, -0.2) is 68.9 Å². The first kappa shape index (κ1) is 13.3. The van der Waals surface area contributed by atoms with Crippen molar-refractivity contribution < 1.29 is 24.9 Å². The summed E-state index contributed by atoms with van der Waals surface area (Å²) in [6.45, 7) is -0.171. The zero-order valence-corrected chi connectivity index (χ0v) is 10.5. The highest BCUT2D eigenvalue weighted by Crippen LogP contribution is 2.34. The van der Waals surface area contributed by atoms with Crippen LogP contribution in [0.2, 0.25) is 0 Å². The van der Waals surface area contributed by atoms with Crippen LogP contribution in [0.25, 0.3) is 0 Å². The highest BCUT2D eigenvalue weighted by molar-refractivity contribution is 5.89. The molecule has 5 atom stereocenters. The minimum absolute atomic E-state index is 0.216. The molecular weight excluding hydrogens is 268 g/mol. The summed E-state index contributed by atoms with van der Waals surface area (Å²) in [7, 11) is 0. The molecule has 20 heavy (non-hydrogen) atoms. The van der Waals surface area contributed by atoms with Crippen LogP contribution in [0.5, 0.6) is 0 Å². The molecule has 2 amide bonds. The van der Waals surface area contributed by atoms with E-state index in [1.54, 1.807) is 0 Å². The van der Waals surface area contributed by atoms with Gasteiger partial charge in [0.15, 0.2) is 5.82 Å². The average Bonchev–Trinajstić information content (AvgIpc) is 2.95. The zero-order chi connectivity index (χ0) is 14.3. The van der Waals surface area contributed by atoms with Gasteiger partial charge in [-0.1, -0.05) is 0 Å². The first-order chi connectivity index (χ1) is 9.61. The van der Waals surface area contributed by atoms with E-state index in [4.69, 9.17) is 9.84 Å². The fourth-order valence-electron chi connectivity index (χ4n) is 2.68. The van der Waals surface area contributed by atoms with Gasteiger partial charge in [-0.2, -0.15) is 0 Å². The number of H-pyrrole nitrogens is 1. The SMILES string of the molecule is O=C1NCC([C@@H]2O[C@H](CO)[C@@H](O)[C@H]2O)c2[nH]cnc2N1. The number of aromatic amines is 1. The van der Waals surface area contributed by atoms with Gasteiger partial charge in [0.2, 0.25) is 0 Å². The van der Waals surface area contributed by atoms with Gasteiger partial charge in [-0.25, -0.2) is 9.78 Å². The molecule has 1 aromatic heterocycles. The normalized spacial score (nSPS) is 37.0. The van der Waals surface area contributed by atoms with Crippen LogP contribution in [0.4, 0.5) is 10.6 Å². The second-order valence-electron chi connectivity index (χ2n) is 4.91. The zero-order valence-electron chi connectivity index (χ0n) is 10.5. The Kier molecular flexibility index (Phi) is 3.34. The van der Waals surface area contributed by atoms with Crippen molar-refractivity contribution in [1.29, 1.82) is 0 Å². The predicted octanol–water partition coefficient (Wildman–Crippen LogP) is -1.89. The molecule has 1 fully saturated rings. The molecule has 2 aliphatic heterocycles. The van der Waals surface area contributed by atoms with Gasteiger partial charge in [-0.05, 0) is 0 Å². The number of nitrogens with one attached hydrogen (secondary N) is 3. The Hall–Kier alpha value is -1.68. The number of carbonyl (C=O) groups excluding carboxylic acids is 1. The maximum Gasteiger partial charge on any atom is 0.320 e. The number of amides is 2. The Morgan fingerprint density at radius 2 is 2.20 bits per heavy atom. The molecule has 3 heterocycles. The number of anilines is 1. The van der Waals surface area contributed by atoms with Gasteiger partial charge in [-0.15, -0.1) is 0 Å². The van der Waals surface area contributed by atoms with Crippen molar-refractivity contribution in [1.82, 2.24) is 15.3 Å². The lowest BCUT2D eigenvalue weighted by molar-refractivity contribution is -0.0302. The van der Waals surface area contributed by atoms with Crippen molar-refractivity contribution in [3.8, 4) is 0 Å². The Morgan fingerprint density at radius 3 is 2.90 bits per heavy atom. The van der Waals surface area contributed by atoms with Crippen molar-refractivity contribution in [3.05, 3.63) is 12.0 Å². The molecule has 9 heteroatoms. The van der Waals surface area contributed by atoms with E-state index in [1.165, 1.54) is 6.33 Å². The number of carbonyl (C=O) groups is 1. The average molecular weight is 284 g/mol. The molecule has 9 nitrogen and oxygen atoms in total. The molecule has 6 N–H and O–H groups in total. The molecule has 0 radical (unpaired) electrons. The van der Waals surface area contributed by atoms with Crippen molar-refractivity contribution >= 4 is 11.8 Å². The summed E-state index contributed by atoms with van der Waals surface area (Å²) in [5.41, 5.74) is 0.609. The summed E-state index contributed by atoms with van der Waals surface area (Å²) in [5, 5.41) is 34.2. The third kappa shape index (κ3) is 2.04. The van der Waals surface area contributed by atoms with Gasteiger partial charge >= 0.3 is 6.03 Å². The number of imidazole rings is 1. The molecule has 0 bridgehead atoms. The number of rotatable bonds is 2. The van der Waals surface area contributed by atoms with Gasteiger partial charge in [0, 0.05) is 12.5 Å². The maximum absolute atomic E-state index is 11.5. The lowest BCUT2D eigenvalue weighted by atomic mass is 9.93. The number of fused-ring (bicyclic) bond motifs is 1. The molecule has 0 aliphatic carbocycles. The second kappa shape index (κ2) is 5.02. The van der Waals surface area contributed by atoms with Crippen molar-refractivity contribution in [2.45, 2.75) is 30.3 Å². The highest BCUT2D eigenvalue weighted by Gasteiger charge is 2.47. The number of hydrogen-bond acceptors (Lipinski definition) is 6. The third-order valence-corrected chi connectivity index (χ3v) is 3.73. The van der Waals surface area contributed by atoms with Crippen molar-refractivity contribution in [2.75, 3.05) is 18.5 Å². The van der Waals surface area contributed by atoms with E-state index in [2.05, 4.69) is 20.6 Å². The first-order valence-corrected chi connectivity index (χ1v) is 6.32. The molecule has 1 unspecified atom stereocenters. The minimum Gasteiger partial charge on any atom is -0.394 e. The number of aliphatic hydroxyl groups excluding tert-OH is 3. The smallest absolute Gasteiger partial charge is 0.320 e. The van der Waals surface area contributed by atoms with Gasteiger partial charge in [0.05, 0.1) is 24.7 Å². The van der Waals surface area contributed by atoms with E-state index in [-0.39, 0.29) is 13.2 Å². The molecule has 1 aromatic rings. The summed E-state index contributed by atoms with van der Waals surface area (Å²) in [6, 6.07) is -0.396.